The van der Waals surface area contributed by atoms with Crippen LogP contribution in [0.2, 0.25) is 0 Å². The second-order valence-electron chi connectivity index (χ2n) is 10.3. The average Bonchev–Trinajstić information content (AvgIpc) is 3.19. The largest absolute Gasteiger partial charge is 0.430 e. The van der Waals surface area contributed by atoms with Gasteiger partial charge < -0.3 is 4.84 Å². The van der Waals surface area contributed by atoms with Gasteiger partial charge in [0.1, 0.15) is 5.60 Å². The molecule has 1 amide bonds. The number of para-hydroxylation sites is 1. The number of rotatable bonds is 4. The van der Waals surface area contributed by atoms with Crippen molar-refractivity contribution in [2.75, 3.05) is 18.4 Å². The Morgan fingerprint density at radius 3 is 2.39 bits per heavy atom. The first kappa shape index (κ1) is 23.3. The Kier molecular flexibility index (Phi) is 6.50. The van der Waals surface area contributed by atoms with Gasteiger partial charge in [-0.25, -0.2) is 4.79 Å². The topological polar surface area (TPSA) is 62.8 Å². The van der Waals surface area contributed by atoms with Crippen molar-refractivity contribution < 1.29 is 14.5 Å². The molecule has 4 rings (SSSR count). The number of hydrogen-bond acceptors (Lipinski definition) is 5. The van der Waals surface area contributed by atoms with E-state index in [9.17, 15) is 4.79 Å². The summed E-state index contributed by atoms with van der Waals surface area (Å²) in [6, 6.07) is 16.4. The van der Waals surface area contributed by atoms with E-state index in [4.69, 9.17) is 9.68 Å². The Bertz CT molecular complexity index is 1010. The van der Waals surface area contributed by atoms with Crippen LogP contribution in [0.5, 0.6) is 0 Å². The fraction of sp³-hybridized carbons (Fsp3) is 0.444. The Labute approximate surface area is 196 Å². The van der Waals surface area contributed by atoms with Gasteiger partial charge in [-0.3, -0.25) is 15.6 Å². The highest BCUT2D eigenvalue weighted by Gasteiger charge is 2.40. The summed E-state index contributed by atoms with van der Waals surface area (Å²) in [6.07, 6.45) is 3.19. The molecule has 2 aliphatic rings. The summed E-state index contributed by atoms with van der Waals surface area (Å²) in [5.74, 6) is 0.314. The third-order valence-electron chi connectivity index (χ3n) is 6.43. The number of hydroxylamine groups is 3. The van der Waals surface area contributed by atoms with Crippen molar-refractivity contribution in [3.05, 3.63) is 71.3 Å². The zero-order valence-corrected chi connectivity index (χ0v) is 20.3. The first-order valence-corrected chi connectivity index (χ1v) is 11.8. The number of piperidine rings is 1. The maximum absolute atomic E-state index is 12.5. The van der Waals surface area contributed by atoms with E-state index < -0.39 is 6.09 Å². The zero-order valence-electron chi connectivity index (χ0n) is 20.3. The summed E-state index contributed by atoms with van der Waals surface area (Å²) >= 11 is 0. The van der Waals surface area contributed by atoms with Crippen molar-refractivity contribution in [2.24, 2.45) is 0 Å². The summed E-state index contributed by atoms with van der Waals surface area (Å²) < 4.78 is 0. The van der Waals surface area contributed by atoms with E-state index in [0.717, 1.165) is 35.4 Å². The van der Waals surface area contributed by atoms with Crippen LogP contribution in [0.15, 0.2) is 54.6 Å². The minimum Gasteiger partial charge on any atom is -0.351 e. The Morgan fingerprint density at radius 1 is 1.09 bits per heavy atom. The van der Waals surface area contributed by atoms with Gasteiger partial charge in [0.15, 0.2) is 0 Å². The van der Waals surface area contributed by atoms with Gasteiger partial charge in [0.25, 0.3) is 0 Å². The predicted octanol–water partition coefficient (Wildman–Crippen LogP) is 5.98. The molecule has 0 saturated carbocycles. The summed E-state index contributed by atoms with van der Waals surface area (Å²) in [5, 5.41) is 4.60. The van der Waals surface area contributed by atoms with E-state index in [0.29, 0.717) is 19.0 Å². The number of anilines is 1. The minimum absolute atomic E-state index is 0.129. The van der Waals surface area contributed by atoms with Crippen molar-refractivity contribution in [1.82, 2.24) is 10.5 Å². The lowest BCUT2D eigenvalue weighted by molar-refractivity contribution is -0.153. The molecule has 2 aromatic rings. The van der Waals surface area contributed by atoms with Gasteiger partial charge in [-0.1, -0.05) is 77.1 Å². The number of amides is 1. The highest BCUT2D eigenvalue weighted by atomic mass is 16.7. The van der Waals surface area contributed by atoms with Crippen molar-refractivity contribution in [3.8, 4) is 0 Å². The molecule has 0 aromatic heterocycles. The van der Waals surface area contributed by atoms with Crippen LogP contribution in [0.4, 0.5) is 10.5 Å². The van der Waals surface area contributed by atoms with E-state index in [1.54, 1.807) is 5.06 Å². The predicted molar refractivity (Wildman–Crippen MR) is 132 cm³/mol. The van der Waals surface area contributed by atoms with Crippen LogP contribution >= 0.6 is 0 Å². The van der Waals surface area contributed by atoms with Gasteiger partial charge >= 0.3 is 6.09 Å². The number of nitrogens with one attached hydrogen (secondary N) is 2. The molecular weight excluding hydrogens is 414 g/mol. The number of carbonyl (C=O) groups excluding carboxylic acids is 1. The highest BCUT2D eigenvalue weighted by Crippen LogP contribution is 2.35. The third kappa shape index (κ3) is 5.40. The van der Waals surface area contributed by atoms with Crippen molar-refractivity contribution >= 4 is 17.5 Å². The molecule has 2 aliphatic heterocycles. The van der Waals surface area contributed by atoms with Crippen LogP contribution in [0.1, 0.15) is 70.1 Å². The summed E-state index contributed by atoms with van der Waals surface area (Å²) in [4.78, 5) is 24.1. The van der Waals surface area contributed by atoms with Crippen molar-refractivity contribution in [2.45, 2.75) is 64.4 Å². The molecule has 1 spiro atoms. The minimum atomic E-state index is -0.459. The maximum atomic E-state index is 12.5. The average molecular weight is 450 g/mol. The Balaban J connectivity index is 1.33. The first-order chi connectivity index (χ1) is 15.7. The first-order valence-electron chi connectivity index (χ1n) is 11.8. The van der Waals surface area contributed by atoms with E-state index >= 15 is 0 Å². The summed E-state index contributed by atoms with van der Waals surface area (Å²) in [5.41, 5.74) is 8.16. The molecular formula is C27H35N3O3. The van der Waals surface area contributed by atoms with Crippen LogP contribution in [0, 0.1) is 0 Å². The molecule has 0 radical (unpaired) electrons. The number of benzene rings is 2. The molecule has 176 valence electrons. The molecule has 33 heavy (non-hydrogen) atoms. The van der Waals surface area contributed by atoms with Gasteiger partial charge in [-0.2, -0.15) is 0 Å². The molecule has 0 atom stereocenters. The molecule has 6 nitrogen and oxygen atoms in total. The van der Waals surface area contributed by atoms with Crippen LogP contribution in [0.25, 0.3) is 5.70 Å². The standard InChI is InChI=1S/C27H35N3O3/c1-19(2)22-8-6-7-9-23(22)28-25(31)32-30-16-14-27(15-17-30)18-24(29-33-27)20-10-12-21(13-11-20)26(3,4)5/h6-13,18-19,29H,14-17H2,1-5H3,(H,28,31). The Morgan fingerprint density at radius 2 is 1.76 bits per heavy atom. The van der Waals surface area contributed by atoms with E-state index in [2.05, 4.69) is 75.8 Å². The fourth-order valence-electron chi connectivity index (χ4n) is 4.34. The quantitative estimate of drug-likeness (QED) is 0.601. The van der Waals surface area contributed by atoms with E-state index in [-0.39, 0.29) is 11.0 Å². The smallest absolute Gasteiger partial charge is 0.351 e. The molecule has 2 heterocycles. The molecule has 0 unspecified atom stereocenters. The van der Waals surface area contributed by atoms with Crippen LogP contribution in [-0.2, 0) is 15.1 Å². The van der Waals surface area contributed by atoms with E-state index in [1.807, 2.05) is 24.3 Å². The molecule has 1 fully saturated rings. The van der Waals surface area contributed by atoms with Crippen LogP contribution < -0.4 is 10.8 Å². The number of carbonyl (C=O) groups is 1. The normalized spacial score (nSPS) is 18.2. The molecule has 2 N–H and O–H groups in total. The third-order valence-corrected chi connectivity index (χ3v) is 6.43. The zero-order chi connectivity index (χ0) is 23.6. The van der Waals surface area contributed by atoms with Gasteiger partial charge in [0, 0.05) is 18.8 Å². The van der Waals surface area contributed by atoms with Gasteiger partial charge in [-0.15, -0.1) is 5.06 Å². The summed E-state index contributed by atoms with van der Waals surface area (Å²) in [7, 11) is 0. The SMILES string of the molecule is CC(C)c1ccccc1NC(=O)ON1CCC2(C=C(c3ccc(C(C)(C)C)cc3)NO2)CC1. The lowest BCUT2D eigenvalue weighted by Crippen LogP contribution is -2.45. The monoisotopic (exact) mass is 449 g/mol. The van der Waals surface area contributed by atoms with Crippen LogP contribution in [0.3, 0.4) is 0 Å². The molecule has 0 aliphatic carbocycles. The number of nitrogens with zero attached hydrogens (tertiary/aromatic N) is 1. The lowest BCUT2D eigenvalue weighted by atomic mass is 9.86. The highest BCUT2D eigenvalue weighted by molar-refractivity contribution is 5.85. The maximum Gasteiger partial charge on any atom is 0.430 e. The van der Waals surface area contributed by atoms with Crippen molar-refractivity contribution in [1.29, 1.82) is 0 Å². The second kappa shape index (κ2) is 9.20. The molecule has 2 aromatic carbocycles. The van der Waals surface area contributed by atoms with Gasteiger partial charge in [0.05, 0.1) is 5.70 Å². The molecule has 0 bridgehead atoms. The lowest BCUT2D eigenvalue weighted by Gasteiger charge is -2.35. The van der Waals surface area contributed by atoms with E-state index in [1.165, 1.54) is 5.56 Å². The molecule has 1 saturated heterocycles. The van der Waals surface area contributed by atoms with Gasteiger partial charge in [-0.05, 0) is 53.0 Å². The second-order valence-corrected chi connectivity index (χ2v) is 10.3. The number of hydrogen-bond donors (Lipinski definition) is 2. The van der Waals surface area contributed by atoms with Gasteiger partial charge in [0.2, 0.25) is 0 Å². The fourth-order valence-corrected chi connectivity index (χ4v) is 4.34. The molecule has 6 heteroatoms. The summed E-state index contributed by atoms with van der Waals surface area (Å²) in [6.45, 7) is 12.1. The van der Waals surface area contributed by atoms with Crippen molar-refractivity contribution in [3.63, 3.8) is 0 Å². The Hall–Kier alpha value is -2.83. The van der Waals surface area contributed by atoms with Crippen LogP contribution in [-0.4, -0.2) is 29.8 Å².